The molecule has 1 heterocycles. The number of hydrogen-bond donors (Lipinski definition) is 1. The fourth-order valence-corrected chi connectivity index (χ4v) is 1.52. The van der Waals surface area contributed by atoms with Crippen LogP contribution in [0.2, 0.25) is 5.02 Å². The van der Waals surface area contributed by atoms with Gasteiger partial charge >= 0.3 is 5.97 Å². The number of rotatable bonds is 3. The van der Waals surface area contributed by atoms with Crippen LogP contribution in [0, 0.1) is 5.82 Å². The summed E-state index contributed by atoms with van der Waals surface area (Å²) in [6.07, 6.45) is 2.78. The van der Waals surface area contributed by atoms with Crippen LogP contribution in [0.3, 0.4) is 0 Å². The minimum Gasteiger partial charge on any atom is -0.477 e. The largest absolute Gasteiger partial charge is 0.477 e. The van der Waals surface area contributed by atoms with E-state index in [1.54, 1.807) is 0 Å². The van der Waals surface area contributed by atoms with Gasteiger partial charge in [-0.2, -0.15) is 0 Å². The molecule has 6 heteroatoms. The molecule has 0 aliphatic heterocycles. The van der Waals surface area contributed by atoms with Crippen molar-refractivity contribution in [2.75, 3.05) is 0 Å². The van der Waals surface area contributed by atoms with Crippen LogP contribution in [0.15, 0.2) is 36.7 Å². The molecule has 0 aliphatic rings. The Morgan fingerprint density at radius 2 is 2.11 bits per heavy atom. The van der Waals surface area contributed by atoms with Crippen LogP contribution in [0.25, 0.3) is 0 Å². The predicted molar refractivity (Wildman–Crippen MR) is 62.7 cm³/mol. The Hall–Kier alpha value is -2.14. The summed E-state index contributed by atoms with van der Waals surface area (Å²) in [6, 6.07) is 5.21. The molecule has 1 aromatic carbocycles. The van der Waals surface area contributed by atoms with E-state index in [4.69, 9.17) is 21.4 Å². The fraction of sp³-hybridized carbons (Fsp3) is 0. The Bertz CT molecular complexity index is 604. The second kappa shape index (κ2) is 5.01. The molecule has 2 aromatic rings. The summed E-state index contributed by atoms with van der Waals surface area (Å²) in [5.41, 5.74) is -0.537. The summed E-state index contributed by atoms with van der Waals surface area (Å²) in [5.74, 6) is -2.19. The highest BCUT2D eigenvalue weighted by Crippen LogP contribution is 2.31. The molecule has 0 saturated heterocycles. The second-order valence-corrected chi connectivity index (χ2v) is 3.73. The monoisotopic (exact) mass is 267 g/mol. The average molecular weight is 268 g/mol. The lowest BCUT2D eigenvalue weighted by atomic mass is 10.2. The smallest absolute Gasteiger partial charge is 0.342 e. The maximum atomic E-state index is 13.4. The molecule has 4 nitrogen and oxygen atoms in total. The lowest BCUT2D eigenvalue weighted by Crippen LogP contribution is -2.03. The minimum atomic E-state index is -1.41. The van der Waals surface area contributed by atoms with E-state index in [2.05, 4.69) is 4.98 Å². The van der Waals surface area contributed by atoms with Crippen molar-refractivity contribution < 1.29 is 19.0 Å². The molecule has 0 atom stereocenters. The molecular formula is C12H7ClFNO3. The lowest BCUT2D eigenvalue weighted by Gasteiger charge is -2.09. The number of aromatic carboxylic acids is 1. The fourth-order valence-electron chi connectivity index (χ4n) is 1.36. The van der Waals surface area contributed by atoms with Gasteiger partial charge in [0.05, 0.1) is 0 Å². The maximum Gasteiger partial charge on any atom is 0.342 e. The summed E-state index contributed by atoms with van der Waals surface area (Å²) in [7, 11) is 0. The molecule has 1 aromatic heterocycles. The molecule has 0 radical (unpaired) electrons. The molecule has 0 unspecified atom stereocenters. The zero-order chi connectivity index (χ0) is 13.1. The maximum absolute atomic E-state index is 13.4. The number of benzene rings is 1. The van der Waals surface area contributed by atoms with Gasteiger partial charge in [-0.25, -0.2) is 9.18 Å². The van der Waals surface area contributed by atoms with Crippen LogP contribution in [-0.2, 0) is 0 Å². The number of hydrogen-bond acceptors (Lipinski definition) is 3. The number of carboxylic acids is 1. The van der Waals surface area contributed by atoms with Gasteiger partial charge in [-0.05, 0) is 12.1 Å². The summed E-state index contributed by atoms with van der Waals surface area (Å²) in [5, 5.41) is 9.14. The van der Waals surface area contributed by atoms with E-state index in [1.807, 2.05) is 0 Å². The van der Waals surface area contributed by atoms with Crippen LogP contribution < -0.4 is 4.74 Å². The summed E-state index contributed by atoms with van der Waals surface area (Å²) in [4.78, 5) is 14.7. The van der Waals surface area contributed by atoms with E-state index in [0.29, 0.717) is 0 Å². The van der Waals surface area contributed by atoms with E-state index in [0.717, 1.165) is 6.07 Å². The topological polar surface area (TPSA) is 59.4 Å². The number of ether oxygens (including phenoxy) is 1. The SMILES string of the molecule is O=C(O)c1c(F)cccc1Oc1ccncc1Cl. The number of nitrogens with zero attached hydrogens (tertiary/aromatic N) is 1. The minimum absolute atomic E-state index is 0.115. The average Bonchev–Trinajstić information content (AvgIpc) is 2.31. The molecule has 1 N–H and O–H groups in total. The first-order valence-corrected chi connectivity index (χ1v) is 5.26. The first-order chi connectivity index (χ1) is 8.59. The summed E-state index contributed by atoms with van der Waals surface area (Å²) < 4.78 is 18.7. The number of aromatic nitrogens is 1. The zero-order valence-corrected chi connectivity index (χ0v) is 9.69. The Morgan fingerprint density at radius 1 is 1.33 bits per heavy atom. The molecule has 0 spiro atoms. The Labute approximate surface area is 107 Å². The molecule has 0 fully saturated rings. The zero-order valence-electron chi connectivity index (χ0n) is 8.93. The van der Waals surface area contributed by atoms with Gasteiger partial charge in [0.25, 0.3) is 0 Å². The highest BCUT2D eigenvalue weighted by Gasteiger charge is 2.18. The molecule has 92 valence electrons. The first-order valence-electron chi connectivity index (χ1n) is 4.89. The van der Waals surface area contributed by atoms with Crippen molar-refractivity contribution in [3.63, 3.8) is 0 Å². The number of carboxylic acid groups (broad SMARTS) is 1. The third kappa shape index (κ3) is 2.41. The van der Waals surface area contributed by atoms with Gasteiger partial charge in [0.2, 0.25) is 0 Å². The van der Waals surface area contributed by atoms with E-state index >= 15 is 0 Å². The van der Waals surface area contributed by atoms with Crippen molar-refractivity contribution in [2.45, 2.75) is 0 Å². The number of pyridine rings is 1. The van der Waals surface area contributed by atoms with Crippen molar-refractivity contribution in [1.82, 2.24) is 4.98 Å². The van der Waals surface area contributed by atoms with Crippen LogP contribution in [-0.4, -0.2) is 16.1 Å². The van der Waals surface area contributed by atoms with Crippen molar-refractivity contribution >= 4 is 17.6 Å². The molecule has 0 saturated carbocycles. The third-order valence-corrected chi connectivity index (χ3v) is 2.43. The summed E-state index contributed by atoms with van der Waals surface area (Å²) >= 11 is 5.82. The standard InChI is InChI=1S/C12H7ClFNO3/c13-7-6-15-5-4-9(7)18-10-3-1-2-8(14)11(10)12(16)17/h1-6H,(H,16,17). The van der Waals surface area contributed by atoms with Crippen molar-refractivity contribution in [3.8, 4) is 11.5 Å². The second-order valence-electron chi connectivity index (χ2n) is 3.33. The van der Waals surface area contributed by atoms with Crippen molar-refractivity contribution in [3.05, 3.63) is 53.1 Å². The number of halogens is 2. The first kappa shape index (κ1) is 12.3. The van der Waals surface area contributed by atoms with Gasteiger partial charge in [0.15, 0.2) is 0 Å². The van der Waals surface area contributed by atoms with E-state index in [1.165, 1.54) is 30.6 Å². The highest BCUT2D eigenvalue weighted by atomic mass is 35.5. The lowest BCUT2D eigenvalue weighted by molar-refractivity contribution is 0.0689. The van der Waals surface area contributed by atoms with Gasteiger partial charge in [0, 0.05) is 18.5 Å². The molecule has 0 aliphatic carbocycles. The quantitative estimate of drug-likeness (QED) is 0.926. The van der Waals surface area contributed by atoms with Crippen LogP contribution in [0.1, 0.15) is 10.4 Å². The van der Waals surface area contributed by atoms with Crippen LogP contribution >= 0.6 is 11.6 Å². The van der Waals surface area contributed by atoms with Gasteiger partial charge in [0.1, 0.15) is 27.9 Å². The predicted octanol–water partition coefficient (Wildman–Crippen LogP) is 3.36. The number of carbonyl (C=O) groups is 1. The Morgan fingerprint density at radius 3 is 2.78 bits per heavy atom. The van der Waals surface area contributed by atoms with E-state index in [-0.39, 0.29) is 16.5 Å². The molecule has 2 rings (SSSR count). The van der Waals surface area contributed by atoms with Crippen LogP contribution in [0.5, 0.6) is 11.5 Å². The van der Waals surface area contributed by atoms with Crippen molar-refractivity contribution in [1.29, 1.82) is 0 Å². The molecule has 18 heavy (non-hydrogen) atoms. The van der Waals surface area contributed by atoms with Crippen LogP contribution in [0.4, 0.5) is 4.39 Å². The summed E-state index contributed by atoms with van der Waals surface area (Å²) in [6.45, 7) is 0. The Balaban J connectivity index is 2.44. The third-order valence-electron chi connectivity index (χ3n) is 2.14. The van der Waals surface area contributed by atoms with Gasteiger partial charge in [-0.1, -0.05) is 17.7 Å². The van der Waals surface area contributed by atoms with E-state index < -0.39 is 17.3 Å². The van der Waals surface area contributed by atoms with Crippen molar-refractivity contribution in [2.24, 2.45) is 0 Å². The van der Waals surface area contributed by atoms with Gasteiger partial charge < -0.3 is 9.84 Å². The molecular weight excluding hydrogens is 261 g/mol. The van der Waals surface area contributed by atoms with Gasteiger partial charge in [-0.15, -0.1) is 0 Å². The van der Waals surface area contributed by atoms with Gasteiger partial charge in [-0.3, -0.25) is 4.98 Å². The normalized spacial score (nSPS) is 10.1. The van der Waals surface area contributed by atoms with E-state index in [9.17, 15) is 9.18 Å². The molecule has 0 bridgehead atoms. The molecule has 0 amide bonds. The highest BCUT2D eigenvalue weighted by molar-refractivity contribution is 6.31. The Kier molecular flexibility index (Phi) is 3.43.